The van der Waals surface area contributed by atoms with Crippen molar-refractivity contribution in [2.75, 3.05) is 29.9 Å². The Bertz CT molecular complexity index is 1030. The summed E-state index contributed by atoms with van der Waals surface area (Å²) in [4.78, 5) is 9.97. The number of anilines is 2. The predicted octanol–water partition coefficient (Wildman–Crippen LogP) is 5.92. The molecule has 2 atom stereocenters. The van der Waals surface area contributed by atoms with E-state index in [9.17, 15) is 17.6 Å². The second kappa shape index (κ2) is 10.2. The van der Waals surface area contributed by atoms with E-state index in [1.165, 1.54) is 12.1 Å². The molecule has 190 valence electrons. The SMILES string of the molecule is CC1CC(C)CN(c2cc(C(F)(F)F)nc(NC(=S)NCC3(c4ccc(F)cc4)CCCC3)n2)C1. The van der Waals surface area contributed by atoms with Crippen molar-refractivity contribution in [3.05, 3.63) is 47.4 Å². The number of aromatic nitrogens is 2. The molecule has 1 aliphatic heterocycles. The summed E-state index contributed by atoms with van der Waals surface area (Å²) in [5, 5.41) is 6.08. The van der Waals surface area contributed by atoms with Gasteiger partial charge in [-0.2, -0.15) is 18.2 Å². The molecule has 4 rings (SSSR count). The van der Waals surface area contributed by atoms with Crippen LogP contribution in [0.25, 0.3) is 0 Å². The Morgan fingerprint density at radius 1 is 1.09 bits per heavy atom. The highest BCUT2D eigenvalue weighted by molar-refractivity contribution is 7.80. The van der Waals surface area contributed by atoms with Gasteiger partial charge in [0.2, 0.25) is 5.95 Å². The second-order valence-electron chi connectivity index (χ2n) is 10.1. The van der Waals surface area contributed by atoms with Gasteiger partial charge in [0.1, 0.15) is 11.6 Å². The molecule has 2 unspecified atom stereocenters. The van der Waals surface area contributed by atoms with Gasteiger partial charge in [-0.25, -0.2) is 9.37 Å². The molecule has 1 aliphatic carbocycles. The third-order valence-electron chi connectivity index (χ3n) is 7.03. The molecule has 2 heterocycles. The van der Waals surface area contributed by atoms with E-state index < -0.39 is 11.9 Å². The Hall–Kier alpha value is -2.49. The molecular formula is C25H31F4N5S. The van der Waals surface area contributed by atoms with Crippen molar-refractivity contribution in [2.24, 2.45) is 11.8 Å². The van der Waals surface area contributed by atoms with Crippen LogP contribution in [-0.4, -0.2) is 34.7 Å². The summed E-state index contributed by atoms with van der Waals surface area (Å²) in [5.41, 5.74) is -0.186. The molecule has 0 bridgehead atoms. The van der Waals surface area contributed by atoms with Gasteiger partial charge in [0.05, 0.1) is 0 Å². The summed E-state index contributed by atoms with van der Waals surface area (Å²) in [6.45, 7) is 5.94. The minimum Gasteiger partial charge on any atom is -0.361 e. The minimum atomic E-state index is -4.60. The first kappa shape index (κ1) is 25.6. The molecule has 1 aromatic carbocycles. The number of rotatable bonds is 5. The lowest BCUT2D eigenvalue weighted by Crippen LogP contribution is -2.41. The molecule has 0 radical (unpaired) electrons. The van der Waals surface area contributed by atoms with Gasteiger partial charge >= 0.3 is 6.18 Å². The monoisotopic (exact) mass is 509 g/mol. The molecule has 2 N–H and O–H groups in total. The van der Waals surface area contributed by atoms with Crippen molar-refractivity contribution in [3.63, 3.8) is 0 Å². The number of nitrogens with one attached hydrogen (secondary N) is 2. The number of thiocarbonyl (C=S) groups is 1. The molecule has 0 amide bonds. The van der Waals surface area contributed by atoms with E-state index in [-0.39, 0.29) is 28.1 Å². The highest BCUT2D eigenvalue weighted by Gasteiger charge is 2.37. The fourth-order valence-electron chi connectivity index (χ4n) is 5.47. The van der Waals surface area contributed by atoms with E-state index >= 15 is 0 Å². The van der Waals surface area contributed by atoms with Gasteiger partial charge in [-0.1, -0.05) is 38.8 Å². The smallest absolute Gasteiger partial charge is 0.361 e. The Balaban J connectivity index is 1.50. The van der Waals surface area contributed by atoms with E-state index in [1.54, 1.807) is 12.1 Å². The van der Waals surface area contributed by atoms with E-state index in [2.05, 4.69) is 34.4 Å². The van der Waals surface area contributed by atoms with Crippen molar-refractivity contribution >= 4 is 29.1 Å². The number of hydrogen-bond donors (Lipinski definition) is 2. The van der Waals surface area contributed by atoms with E-state index in [0.29, 0.717) is 31.5 Å². The van der Waals surface area contributed by atoms with Crippen molar-refractivity contribution in [1.82, 2.24) is 15.3 Å². The first-order chi connectivity index (χ1) is 16.5. The highest BCUT2D eigenvalue weighted by atomic mass is 32.1. The summed E-state index contributed by atoms with van der Waals surface area (Å²) < 4.78 is 54.3. The van der Waals surface area contributed by atoms with Crippen LogP contribution in [0.1, 0.15) is 57.2 Å². The van der Waals surface area contributed by atoms with Crippen molar-refractivity contribution in [2.45, 2.75) is 57.5 Å². The van der Waals surface area contributed by atoms with Crippen LogP contribution in [0.3, 0.4) is 0 Å². The lowest BCUT2D eigenvalue weighted by molar-refractivity contribution is -0.141. The zero-order valence-corrected chi connectivity index (χ0v) is 20.8. The van der Waals surface area contributed by atoms with Crippen molar-refractivity contribution in [1.29, 1.82) is 0 Å². The van der Waals surface area contributed by atoms with Gasteiger partial charge in [0.25, 0.3) is 0 Å². The highest BCUT2D eigenvalue weighted by Crippen LogP contribution is 2.40. The lowest BCUT2D eigenvalue weighted by atomic mass is 9.79. The quantitative estimate of drug-likeness (QED) is 0.386. The molecule has 5 nitrogen and oxygen atoms in total. The first-order valence-electron chi connectivity index (χ1n) is 12.1. The van der Waals surface area contributed by atoms with Crippen molar-refractivity contribution in [3.8, 4) is 0 Å². The molecule has 2 aromatic rings. The van der Waals surface area contributed by atoms with Crippen LogP contribution in [-0.2, 0) is 11.6 Å². The standard InChI is InChI=1S/C25H31F4N5S/c1-16-11-17(2)14-34(13-16)21-12-20(25(27,28)29)31-22(32-21)33-23(35)30-15-24(9-3-4-10-24)18-5-7-19(26)8-6-18/h5-8,12,16-17H,3-4,9-11,13-15H2,1-2H3,(H2,30,31,32,33,35). The number of nitrogens with zero attached hydrogens (tertiary/aromatic N) is 3. The second-order valence-corrected chi connectivity index (χ2v) is 10.5. The van der Waals surface area contributed by atoms with Crippen molar-refractivity contribution < 1.29 is 17.6 Å². The molecule has 10 heteroatoms. The van der Waals surface area contributed by atoms with Crippen LogP contribution in [0, 0.1) is 17.7 Å². The molecule has 1 saturated carbocycles. The molecule has 1 aromatic heterocycles. The van der Waals surface area contributed by atoms with Gasteiger partial charge in [-0.15, -0.1) is 0 Å². The Morgan fingerprint density at radius 3 is 2.31 bits per heavy atom. The molecule has 35 heavy (non-hydrogen) atoms. The Labute approximate surface area is 208 Å². The van der Waals surface area contributed by atoms with E-state index in [1.807, 2.05) is 4.90 Å². The number of benzene rings is 1. The fraction of sp³-hybridized carbons (Fsp3) is 0.560. The molecular weight excluding hydrogens is 478 g/mol. The normalized spacial score (nSPS) is 22.2. The lowest BCUT2D eigenvalue weighted by Gasteiger charge is -2.36. The average molecular weight is 510 g/mol. The first-order valence-corrected chi connectivity index (χ1v) is 12.5. The number of piperidine rings is 1. The van der Waals surface area contributed by atoms with Gasteiger partial charge in [0.15, 0.2) is 10.8 Å². The van der Waals surface area contributed by atoms with Gasteiger partial charge in [-0.3, -0.25) is 0 Å². The maximum absolute atomic E-state index is 13.6. The Morgan fingerprint density at radius 2 is 1.71 bits per heavy atom. The number of halogens is 4. The van der Waals surface area contributed by atoms with Crippen LogP contribution in [0.15, 0.2) is 30.3 Å². The molecule has 1 saturated heterocycles. The molecule has 0 spiro atoms. The fourth-order valence-corrected chi connectivity index (χ4v) is 5.63. The maximum Gasteiger partial charge on any atom is 0.433 e. The maximum atomic E-state index is 13.6. The topological polar surface area (TPSA) is 53.1 Å². The van der Waals surface area contributed by atoms with Crippen LogP contribution in [0.2, 0.25) is 0 Å². The summed E-state index contributed by atoms with van der Waals surface area (Å²) in [6, 6.07) is 7.50. The van der Waals surface area contributed by atoms with Crippen LogP contribution < -0.4 is 15.5 Å². The van der Waals surface area contributed by atoms with E-state index in [0.717, 1.165) is 43.7 Å². The third-order valence-corrected chi connectivity index (χ3v) is 7.27. The summed E-state index contributed by atoms with van der Waals surface area (Å²) in [7, 11) is 0. The Kier molecular flexibility index (Phi) is 7.49. The summed E-state index contributed by atoms with van der Waals surface area (Å²) in [6.07, 6.45) is 0.362. The zero-order valence-electron chi connectivity index (χ0n) is 20.0. The van der Waals surface area contributed by atoms with Crippen LogP contribution >= 0.6 is 12.2 Å². The average Bonchev–Trinajstić information content (AvgIpc) is 3.27. The summed E-state index contributed by atoms with van der Waals surface area (Å²) >= 11 is 5.41. The minimum absolute atomic E-state index is 0.157. The van der Waals surface area contributed by atoms with Crippen LogP contribution in [0.5, 0.6) is 0 Å². The van der Waals surface area contributed by atoms with E-state index in [4.69, 9.17) is 12.2 Å². The van der Waals surface area contributed by atoms with Gasteiger partial charge in [0, 0.05) is 31.1 Å². The zero-order chi connectivity index (χ0) is 25.2. The molecule has 2 fully saturated rings. The van der Waals surface area contributed by atoms with Gasteiger partial charge < -0.3 is 15.5 Å². The third kappa shape index (κ3) is 6.20. The van der Waals surface area contributed by atoms with Gasteiger partial charge in [-0.05, 0) is 61.0 Å². The number of alkyl halides is 3. The summed E-state index contributed by atoms with van der Waals surface area (Å²) in [5.74, 6) is 0.490. The largest absolute Gasteiger partial charge is 0.433 e. The predicted molar refractivity (Wildman–Crippen MR) is 133 cm³/mol. The number of hydrogen-bond acceptors (Lipinski definition) is 4. The van der Waals surface area contributed by atoms with Crippen LogP contribution in [0.4, 0.5) is 29.3 Å². The molecule has 2 aliphatic rings.